The van der Waals surface area contributed by atoms with E-state index in [1.807, 2.05) is 30.3 Å². The number of hydrogen-bond acceptors (Lipinski definition) is 3. The summed E-state index contributed by atoms with van der Waals surface area (Å²) >= 11 is 6.12. The van der Waals surface area contributed by atoms with Crippen LogP contribution in [0.25, 0.3) is 0 Å². The molecule has 106 valence electrons. The lowest BCUT2D eigenvalue weighted by atomic mass is 10.2. The maximum absolute atomic E-state index is 6.12. The average molecular weight is 292 g/mol. The van der Waals surface area contributed by atoms with E-state index in [9.17, 15) is 0 Å². The SMILES string of the molecule is COc1ccc(CNc2cc(C)ccc2OC)cc1Cl. The fraction of sp³-hybridized carbons (Fsp3) is 0.250. The van der Waals surface area contributed by atoms with Gasteiger partial charge in [0.05, 0.1) is 24.9 Å². The highest BCUT2D eigenvalue weighted by Gasteiger charge is 2.05. The van der Waals surface area contributed by atoms with Crippen LogP contribution in [0.5, 0.6) is 11.5 Å². The summed E-state index contributed by atoms with van der Waals surface area (Å²) in [4.78, 5) is 0. The van der Waals surface area contributed by atoms with Crippen molar-refractivity contribution in [2.24, 2.45) is 0 Å². The highest BCUT2D eigenvalue weighted by molar-refractivity contribution is 6.32. The van der Waals surface area contributed by atoms with Gasteiger partial charge >= 0.3 is 0 Å². The van der Waals surface area contributed by atoms with Crippen molar-refractivity contribution in [1.82, 2.24) is 0 Å². The minimum atomic E-state index is 0.614. The molecule has 1 N–H and O–H groups in total. The van der Waals surface area contributed by atoms with Gasteiger partial charge in [-0.3, -0.25) is 0 Å². The first kappa shape index (κ1) is 14.5. The Morgan fingerprint density at radius 1 is 1.00 bits per heavy atom. The Hall–Kier alpha value is -1.87. The third-order valence-corrected chi connectivity index (χ3v) is 3.35. The number of hydrogen-bond donors (Lipinski definition) is 1. The van der Waals surface area contributed by atoms with Gasteiger partial charge < -0.3 is 14.8 Å². The van der Waals surface area contributed by atoms with Crippen molar-refractivity contribution in [1.29, 1.82) is 0 Å². The van der Waals surface area contributed by atoms with Crippen LogP contribution in [0, 0.1) is 6.92 Å². The molecule has 0 spiro atoms. The number of benzene rings is 2. The zero-order chi connectivity index (χ0) is 14.5. The molecule has 0 fully saturated rings. The van der Waals surface area contributed by atoms with Crippen LogP contribution in [-0.4, -0.2) is 14.2 Å². The first-order valence-corrected chi connectivity index (χ1v) is 6.72. The lowest BCUT2D eigenvalue weighted by Crippen LogP contribution is -2.02. The monoisotopic (exact) mass is 291 g/mol. The highest BCUT2D eigenvalue weighted by atomic mass is 35.5. The predicted molar refractivity (Wildman–Crippen MR) is 83.1 cm³/mol. The summed E-state index contributed by atoms with van der Waals surface area (Å²) in [6.07, 6.45) is 0. The van der Waals surface area contributed by atoms with Crippen molar-refractivity contribution in [2.75, 3.05) is 19.5 Å². The molecule has 0 saturated heterocycles. The Morgan fingerprint density at radius 3 is 2.35 bits per heavy atom. The summed E-state index contributed by atoms with van der Waals surface area (Å²) in [5.74, 6) is 1.51. The molecule has 0 heterocycles. The predicted octanol–water partition coefficient (Wildman–Crippen LogP) is 4.28. The van der Waals surface area contributed by atoms with E-state index in [0.717, 1.165) is 17.0 Å². The molecule has 2 rings (SSSR count). The van der Waals surface area contributed by atoms with Gasteiger partial charge in [-0.05, 0) is 42.3 Å². The number of nitrogens with one attached hydrogen (secondary N) is 1. The fourth-order valence-corrected chi connectivity index (χ4v) is 2.26. The van der Waals surface area contributed by atoms with E-state index in [1.54, 1.807) is 14.2 Å². The van der Waals surface area contributed by atoms with E-state index in [-0.39, 0.29) is 0 Å². The van der Waals surface area contributed by atoms with Gasteiger partial charge in [-0.25, -0.2) is 0 Å². The minimum absolute atomic E-state index is 0.614. The Balaban J connectivity index is 2.12. The molecule has 0 aliphatic rings. The van der Waals surface area contributed by atoms with Crippen LogP contribution in [0.2, 0.25) is 5.02 Å². The second-order valence-corrected chi connectivity index (χ2v) is 4.93. The number of rotatable bonds is 5. The maximum atomic E-state index is 6.12. The van der Waals surface area contributed by atoms with Crippen molar-refractivity contribution >= 4 is 17.3 Å². The molecule has 0 bridgehead atoms. The first-order valence-electron chi connectivity index (χ1n) is 6.35. The second kappa shape index (κ2) is 6.53. The van der Waals surface area contributed by atoms with Gasteiger partial charge in [0.2, 0.25) is 0 Å². The second-order valence-electron chi connectivity index (χ2n) is 4.53. The van der Waals surface area contributed by atoms with Gasteiger partial charge in [0.25, 0.3) is 0 Å². The molecule has 0 saturated carbocycles. The Morgan fingerprint density at radius 2 is 1.70 bits per heavy atom. The van der Waals surface area contributed by atoms with Crippen molar-refractivity contribution < 1.29 is 9.47 Å². The van der Waals surface area contributed by atoms with E-state index < -0.39 is 0 Å². The number of ether oxygens (including phenoxy) is 2. The van der Waals surface area contributed by atoms with Gasteiger partial charge in [-0.1, -0.05) is 23.7 Å². The normalized spacial score (nSPS) is 10.2. The van der Waals surface area contributed by atoms with Crippen LogP contribution in [-0.2, 0) is 6.54 Å². The molecular weight excluding hydrogens is 274 g/mol. The molecule has 4 heteroatoms. The summed E-state index contributed by atoms with van der Waals surface area (Å²) < 4.78 is 10.5. The Labute approximate surface area is 124 Å². The van der Waals surface area contributed by atoms with Gasteiger partial charge in [0.1, 0.15) is 11.5 Å². The lowest BCUT2D eigenvalue weighted by Gasteiger charge is -2.12. The molecule has 0 aliphatic carbocycles. The summed E-state index contributed by atoms with van der Waals surface area (Å²) in [6, 6.07) is 11.8. The van der Waals surface area contributed by atoms with Crippen LogP contribution in [0.4, 0.5) is 5.69 Å². The van der Waals surface area contributed by atoms with Gasteiger partial charge in [-0.15, -0.1) is 0 Å². The van der Waals surface area contributed by atoms with Gasteiger partial charge in [0.15, 0.2) is 0 Å². The van der Waals surface area contributed by atoms with Crippen LogP contribution in [0.1, 0.15) is 11.1 Å². The van der Waals surface area contributed by atoms with Crippen LogP contribution >= 0.6 is 11.6 Å². The molecule has 0 atom stereocenters. The number of aryl methyl sites for hydroxylation is 1. The average Bonchev–Trinajstić information content (AvgIpc) is 2.45. The first-order chi connectivity index (χ1) is 9.63. The zero-order valence-electron chi connectivity index (χ0n) is 11.9. The van der Waals surface area contributed by atoms with Crippen molar-refractivity contribution in [3.05, 3.63) is 52.5 Å². The summed E-state index contributed by atoms with van der Waals surface area (Å²) in [6.45, 7) is 2.72. The summed E-state index contributed by atoms with van der Waals surface area (Å²) in [5, 5.41) is 3.98. The van der Waals surface area contributed by atoms with Crippen LogP contribution in [0.3, 0.4) is 0 Å². The minimum Gasteiger partial charge on any atom is -0.495 e. The van der Waals surface area contributed by atoms with E-state index >= 15 is 0 Å². The summed E-state index contributed by atoms with van der Waals surface area (Å²) in [7, 11) is 3.27. The fourth-order valence-electron chi connectivity index (χ4n) is 1.98. The van der Waals surface area contributed by atoms with Crippen LogP contribution in [0.15, 0.2) is 36.4 Å². The van der Waals surface area contributed by atoms with Crippen molar-refractivity contribution in [3.63, 3.8) is 0 Å². The van der Waals surface area contributed by atoms with Crippen LogP contribution < -0.4 is 14.8 Å². The number of methoxy groups -OCH3 is 2. The molecule has 2 aromatic carbocycles. The molecule has 0 amide bonds. The van der Waals surface area contributed by atoms with Crippen molar-refractivity contribution in [3.8, 4) is 11.5 Å². The number of halogens is 1. The highest BCUT2D eigenvalue weighted by Crippen LogP contribution is 2.28. The topological polar surface area (TPSA) is 30.5 Å². The molecule has 0 aromatic heterocycles. The van der Waals surface area contributed by atoms with E-state index in [4.69, 9.17) is 21.1 Å². The molecule has 3 nitrogen and oxygen atoms in total. The molecular formula is C16H18ClNO2. The standard InChI is InChI=1S/C16H18ClNO2/c1-11-4-6-16(20-3)14(8-11)18-10-12-5-7-15(19-2)13(17)9-12/h4-9,18H,10H2,1-3H3. The molecule has 0 radical (unpaired) electrons. The van der Waals surface area contributed by atoms with E-state index in [0.29, 0.717) is 17.3 Å². The Bertz CT molecular complexity index is 599. The molecule has 0 unspecified atom stereocenters. The van der Waals surface area contributed by atoms with Gasteiger partial charge in [0, 0.05) is 6.54 Å². The molecule has 0 aliphatic heterocycles. The third-order valence-electron chi connectivity index (χ3n) is 3.05. The van der Waals surface area contributed by atoms with Gasteiger partial charge in [-0.2, -0.15) is 0 Å². The van der Waals surface area contributed by atoms with E-state index in [2.05, 4.69) is 18.3 Å². The molecule has 2 aromatic rings. The zero-order valence-corrected chi connectivity index (χ0v) is 12.6. The maximum Gasteiger partial charge on any atom is 0.141 e. The van der Waals surface area contributed by atoms with Crippen molar-refractivity contribution in [2.45, 2.75) is 13.5 Å². The Kier molecular flexibility index (Phi) is 4.74. The van der Waals surface area contributed by atoms with E-state index in [1.165, 1.54) is 5.56 Å². The summed E-state index contributed by atoms with van der Waals surface area (Å²) in [5.41, 5.74) is 3.24. The smallest absolute Gasteiger partial charge is 0.141 e. The quantitative estimate of drug-likeness (QED) is 0.892. The largest absolute Gasteiger partial charge is 0.495 e. The lowest BCUT2D eigenvalue weighted by molar-refractivity contribution is 0.415. The number of anilines is 1. The third kappa shape index (κ3) is 3.36. The molecule has 20 heavy (non-hydrogen) atoms.